The largest absolute Gasteiger partial charge is 0.299 e. The molecule has 32 valence electrons. The Morgan fingerprint density at radius 1 is 1.80 bits per heavy atom. The van der Waals surface area contributed by atoms with E-state index in [-0.39, 0.29) is 0 Å². The Bertz CT molecular complexity index is 14.4. The molecule has 0 aliphatic heterocycles. The Morgan fingerprint density at radius 2 is 2.40 bits per heavy atom. The minimum atomic E-state index is 0.908. The van der Waals surface area contributed by atoms with Crippen LogP contribution in [0.5, 0.6) is 0 Å². The minimum Gasteiger partial charge on any atom is -0.299 e. The zero-order valence-electron chi connectivity index (χ0n) is 3.71. The van der Waals surface area contributed by atoms with Gasteiger partial charge in [-0.1, -0.05) is 15.7 Å². The number of nitrogens with one attached hydrogen (secondary N) is 1. The Labute approximate surface area is 35.0 Å². The van der Waals surface area contributed by atoms with Crippen LogP contribution in [-0.4, -0.2) is 13.2 Å². The lowest BCUT2D eigenvalue weighted by atomic mass is 10.8. The van der Waals surface area contributed by atoms with Gasteiger partial charge in [0.15, 0.2) is 0 Å². The molecule has 0 radical (unpaired) electrons. The van der Waals surface area contributed by atoms with Crippen molar-refractivity contribution < 1.29 is 0 Å². The van der Waals surface area contributed by atoms with Gasteiger partial charge in [-0.25, -0.2) is 0 Å². The molecule has 0 fully saturated rings. The molecule has 0 aliphatic carbocycles. The fraction of sp³-hybridized carbons (Fsp3) is 1.00. The third-order valence-electron chi connectivity index (χ3n) is 0.354. The van der Waals surface area contributed by atoms with Gasteiger partial charge in [-0.05, 0) is 13.2 Å². The fourth-order valence-electron chi connectivity index (χ4n) is 0.177. The van der Waals surface area contributed by atoms with E-state index in [0.29, 0.717) is 0 Å². The highest BCUT2D eigenvalue weighted by molar-refractivity contribution is 7.34. The highest BCUT2D eigenvalue weighted by Crippen LogP contribution is 1.87. The number of hydrogen-bond donors (Lipinski definition) is 1. The maximum absolute atomic E-state index is 3.14. The molecule has 2 heteroatoms. The van der Waals surface area contributed by atoms with Crippen molar-refractivity contribution in [3.8, 4) is 0 Å². The maximum atomic E-state index is 3.14. The standard InChI is InChI=1S/C3H10NP/c1-3-4-5-2/h4-5H,3H2,1-2H3. The molecule has 0 spiro atoms. The quantitative estimate of drug-likeness (QED) is 0.496. The maximum Gasteiger partial charge on any atom is -0.00407 e. The summed E-state index contributed by atoms with van der Waals surface area (Å²) < 4.78 is 0. The molecule has 0 aromatic carbocycles. The Kier molecular flexibility index (Phi) is 4.73. The summed E-state index contributed by atoms with van der Waals surface area (Å²) in [5.74, 6) is 0. The summed E-state index contributed by atoms with van der Waals surface area (Å²) in [5.41, 5.74) is 0. The van der Waals surface area contributed by atoms with Crippen molar-refractivity contribution in [1.29, 1.82) is 0 Å². The molecule has 1 atom stereocenters. The van der Waals surface area contributed by atoms with Gasteiger partial charge in [-0.15, -0.1) is 0 Å². The predicted octanol–water partition coefficient (Wildman–Crippen LogP) is 0.819. The first-order valence-electron chi connectivity index (χ1n) is 1.81. The van der Waals surface area contributed by atoms with Gasteiger partial charge in [0.05, 0.1) is 0 Å². The molecular formula is C3H10NP. The first-order valence-corrected chi connectivity index (χ1v) is 3.31. The van der Waals surface area contributed by atoms with E-state index in [1.54, 1.807) is 0 Å². The van der Waals surface area contributed by atoms with E-state index in [0.717, 1.165) is 15.3 Å². The van der Waals surface area contributed by atoms with Crippen LogP contribution in [0.2, 0.25) is 0 Å². The normalized spacial score (nSPS) is 10.8. The van der Waals surface area contributed by atoms with Crippen LogP contribution in [0.4, 0.5) is 0 Å². The van der Waals surface area contributed by atoms with Crippen molar-refractivity contribution in [3.63, 3.8) is 0 Å². The second-order valence-electron chi connectivity index (χ2n) is 0.780. The molecule has 5 heavy (non-hydrogen) atoms. The van der Waals surface area contributed by atoms with Crippen molar-refractivity contribution in [2.24, 2.45) is 0 Å². The number of rotatable bonds is 2. The van der Waals surface area contributed by atoms with Crippen molar-refractivity contribution in [2.75, 3.05) is 13.2 Å². The van der Waals surface area contributed by atoms with Gasteiger partial charge in [0.1, 0.15) is 0 Å². The predicted molar refractivity (Wildman–Crippen MR) is 27.9 cm³/mol. The topological polar surface area (TPSA) is 12.0 Å². The fourth-order valence-corrected chi connectivity index (χ4v) is 0.530. The van der Waals surface area contributed by atoms with E-state index >= 15 is 0 Å². The average molecular weight is 91.1 g/mol. The van der Waals surface area contributed by atoms with E-state index in [1.165, 1.54) is 0 Å². The van der Waals surface area contributed by atoms with Crippen LogP contribution in [0.25, 0.3) is 0 Å². The second kappa shape index (κ2) is 4.39. The van der Waals surface area contributed by atoms with Crippen LogP contribution < -0.4 is 5.09 Å². The summed E-state index contributed by atoms with van der Waals surface area (Å²) >= 11 is 0. The third kappa shape index (κ3) is 4.39. The molecule has 0 aliphatic rings. The lowest BCUT2D eigenvalue weighted by molar-refractivity contribution is 1.03. The summed E-state index contributed by atoms with van der Waals surface area (Å²) in [5, 5.41) is 3.14. The average Bonchev–Trinajstić information content (AvgIpc) is 1.41. The molecule has 0 saturated heterocycles. The van der Waals surface area contributed by atoms with Crippen LogP contribution in [-0.2, 0) is 0 Å². The van der Waals surface area contributed by atoms with Gasteiger partial charge >= 0.3 is 0 Å². The van der Waals surface area contributed by atoms with Crippen molar-refractivity contribution in [2.45, 2.75) is 6.92 Å². The minimum absolute atomic E-state index is 0.908. The van der Waals surface area contributed by atoms with Gasteiger partial charge in [-0.3, -0.25) is 5.09 Å². The Hall–Kier alpha value is 0.390. The molecule has 1 N–H and O–H groups in total. The molecule has 1 unspecified atom stereocenters. The van der Waals surface area contributed by atoms with Crippen LogP contribution in [0.1, 0.15) is 6.92 Å². The zero-order valence-corrected chi connectivity index (χ0v) is 4.71. The molecule has 0 rings (SSSR count). The molecule has 1 nitrogen and oxygen atoms in total. The van der Waals surface area contributed by atoms with Gasteiger partial charge in [-0.2, -0.15) is 0 Å². The summed E-state index contributed by atoms with van der Waals surface area (Å²) in [7, 11) is 0.908. The first kappa shape index (κ1) is 5.39. The number of hydrogen-bond acceptors (Lipinski definition) is 1. The van der Waals surface area contributed by atoms with Crippen molar-refractivity contribution in [3.05, 3.63) is 0 Å². The van der Waals surface area contributed by atoms with Crippen LogP contribution >= 0.6 is 8.73 Å². The van der Waals surface area contributed by atoms with E-state index in [4.69, 9.17) is 0 Å². The lowest BCUT2D eigenvalue weighted by Gasteiger charge is -1.86. The summed E-state index contributed by atoms with van der Waals surface area (Å²) in [6.45, 7) is 5.34. The van der Waals surface area contributed by atoms with E-state index < -0.39 is 0 Å². The van der Waals surface area contributed by atoms with Gasteiger partial charge in [0, 0.05) is 0 Å². The molecule has 0 amide bonds. The molecule has 0 heterocycles. The summed E-state index contributed by atoms with van der Waals surface area (Å²) in [4.78, 5) is 0. The van der Waals surface area contributed by atoms with E-state index in [9.17, 15) is 0 Å². The molecule has 0 saturated carbocycles. The van der Waals surface area contributed by atoms with Crippen LogP contribution in [0.15, 0.2) is 0 Å². The molecule has 0 aromatic heterocycles. The zero-order chi connectivity index (χ0) is 4.12. The Balaban J connectivity index is 2.19. The monoisotopic (exact) mass is 91.1 g/mol. The van der Waals surface area contributed by atoms with Gasteiger partial charge < -0.3 is 0 Å². The van der Waals surface area contributed by atoms with Gasteiger partial charge in [0.2, 0.25) is 0 Å². The molecular weight excluding hydrogens is 81.0 g/mol. The summed E-state index contributed by atoms with van der Waals surface area (Å²) in [6.07, 6.45) is 0. The molecule has 0 bridgehead atoms. The Morgan fingerprint density at radius 3 is 2.40 bits per heavy atom. The lowest BCUT2D eigenvalue weighted by Crippen LogP contribution is -1.95. The second-order valence-corrected chi connectivity index (χ2v) is 1.63. The van der Waals surface area contributed by atoms with Crippen molar-refractivity contribution in [1.82, 2.24) is 5.09 Å². The van der Waals surface area contributed by atoms with Crippen molar-refractivity contribution >= 4 is 8.73 Å². The first-order chi connectivity index (χ1) is 2.41. The third-order valence-corrected chi connectivity index (χ3v) is 1.06. The molecule has 0 aromatic rings. The van der Waals surface area contributed by atoms with Crippen LogP contribution in [0, 0.1) is 0 Å². The van der Waals surface area contributed by atoms with E-state index in [2.05, 4.69) is 18.7 Å². The van der Waals surface area contributed by atoms with E-state index in [1.807, 2.05) is 0 Å². The summed E-state index contributed by atoms with van der Waals surface area (Å²) in [6, 6.07) is 0. The van der Waals surface area contributed by atoms with Crippen LogP contribution in [0.3, 0.4) is 0 Å². The highest BCUT2D eigenvalue weighted by atomic mass is 31.1. The van der Waals surface area contributed by atoms with Gasteiger partial charge in [0.25, 0.3) is 0 Å². The highest BCUT2D eigenvalue weighted by Gasteiger charge is 1.62. The SMILES string of the molecule is CCNPC. The smallest absolute Gasteiger partial charge is 0.00407 e.